The first-order valence-corrected chi connectivity index (χ1v) is 8.95. The summed E-state index contributed by atoms with van der Waals surface area (Å²) in [4.78, 5) is 26.8. The van der Waals surface area contributed by atoms with E-state index in [0.717, 1.165) is 4.90 Å². The van der Waals surface area contributed by atoms with Gasteiger partial charge < -0.3 is 9.47 Å². The molecule has 0 saturated carbocycles. The van der Waals surface area contributed by atoms with Crippen LogP contribution in [0.1, 0.15) is 27.2 Å². The molecule has 2 rings (SSSR count). The van der Waals surface area contributed by atoms with Crippen molar-refractivity contribution in [2.75, 3.05) is 13.7 Å². The van der Waals surface area contributed by atoms with Gasteiger partial charge in [0, 0.05) is 16.7 Å². The molecule has 1 fully saturated rings. The number of amides is 1. The van der Waals surface area contributed by atoms with Gasteiger partial charge in [0.2, 0.25) is 0 Å². The van der Waals surface area contributed by atoms with Crippen LogP contribution in [0.3, 0.4) is 0 Å². The Morgan fingerprint density at radius 2 is 1.96 bits per heavy atom. The maximum absolute atomic E-state index is 12.4. The molecule has 2 atom stereocenters. The zero-order chi connectivity index (χ0) is 17.9. The van der Waals surface area contributed by atoms with Crippen molar-refractivity contribution in [1.29, 1.82) is 0 Å². The highest BCUT2D eigenvalue weighted by molar-refractivity contribution is 8.00. The van der Waals surface area contributed by atoms with Gasteiger partial charge in [-0.15, -0.1) is 11.8 Å². The van der Waals surface area contributed by atoms with Crippen LogP contribution in [0.4, 0.5) is 4.79 Å². The topological polar surface area (TPSA) is 55.8 Å². The van der Waals surface area contributed by atoms with Crippen molar-refractivity contribution in [1.82, 2.24) is 4.90 Å². The van der Waals surface area contributed by atoms with E-state index < -0.39 is 23.7 Å². The van der Waals surface area contributed by atoms with Crippen LogP contribution in [0.25, 0.3) is 0 Å². The molecule has 1 heterocycles. The van der Waals surface area contributed by atoms with E-state index in [0.29, 0.717) is 18.0 Å². The monoisotopic (exact) mass is 371 g/mol. The lowest BCUT2D eigenvalue weighted by Gasteiger charge is -2.27. The first-order valence-electron chi connectivity index (χ1n) is 7.70. The maximum atomic E-state index is 12.4. The molecule has 5 nitrogen and oxygen atoms in total. The van der Waals surface area contributed by atoms with Crippen molar-refractivity contribution in [3.8, 4) is 0 Å². The molecule has 1 aliphatic heterocycles. The quantitative estimate of drug-likeness (QED) is 0.752. The van der Waals surface area contributed by atoms with Gasteiger partial charge in [0.05, 0.1) is 12.1 Å². The lowest BCUT2D eigenvalue weighted by Crippen LogP contribution is -2.43. The van der Waals surface area contributed by atoms with Crippen molar-refractivity contribution >= 4 is 35.4 Å². The largest absolute Gasteiger partial charge is 0.467 e. The molecule has 1 saturated heterocycles. The van der Waals surface area contributed by atoms with E-state index in [1.807, 2.05) is 24.3 Å². The van der Waals surface area contributed by atoms with Crippen molar-refractivity contribution in [3.05, 3.63) is 29.3 Å². The second-order valence-corrected chi connectivity index (χ2v) is 8.33. The van der Waals surface area contributed by atoms with Gasteiger partial charge in [0.1, 0.15) is 11.6 Å². The third-order valence-corrected chi connectivity index (χ3v) is 5.22. The molecular weight excluding hydrogens is 350 g/mol. The molecule has 7 heteroatoms. The summed E-state index contributed by atoms with van der Waals surface area (Å²) in [6.45, 7) is 5.79. The number of hydrogen-bond donors (Lipinski definition) is 0. The number of rotatable bonds is 3. The average Bonchev–Trinajstić information content (AvgIpc) is 2.91. The minimum Gasteiger partial charge on any atom is -0.467 e. The number of ether oxygens (including phenoxy) is 2. The van der Waals surface area contributed by atoms with Gasteiger partial charge in [-0.25, -0.2) is 9.59 Å². The lowest BCUT2D eigenvalue weighted by atomic mass is 10.2. The van der Waals surface area contributed by atoms with E-state index in [9.17, 15) is 9.59 Å². The van der Waals surface area contributed by atoms with Crippen molar-refractivity contribution < 1.29 is 19.1 Å². The molecule has 0 aromatic heterocycles. The summed E-state index contributed by atoms with van der Waals surface area (Å²) in [5, 5.41) is 0.703. The van der Waals surface area contributed by atoms with Gasteiger partial charge in [-0.3, -0.25) is 4.90 Å². The molecule has 0 N–H and O–H groups in total. The number of hydrogen-bond acceptors (Lipinski definition) is 5. The summed E-state index contributed by atoms with van der Waals surface area (Å²) in [6, 6.07) is 6.89. The van der Waals surface area contributed by atoms with Crippen molar-refractivity contribution in [2.45, 2.75) is 49.0 Å². The van der Waals surface area contributed by atoms with Crippen LogP contribution >= 0.6 is 23.4 Å². The van der Waals surface area contributed by atoms with E-state index >= 15 is 0 Å². The lowest BCUT2D eigenvalue weighted by molar-refractivity contribution is -0.145. The van der Waals surface area contributed by atoms with Crippen LogP contribution in [0, 0.1) is 0 Å². The summed E-state index contributed by atoms with van der Waals surface area (Å²) >= 11 is 7.76. The van der Waals surface area contributed by atoms with Gasteiger partial charge in [-0.2, -0.15) is 0 Å². The third kappa shape index (κ3) is 4.80. The Kier molecular flexibility index (Phi) is 6.04. The number of carbonyl (C=O) groups excluding carboxylic acids is 2. The van der Waals surface area contributed by atoms with E-state index in [1.54, 1.807) is 32.5 Å². The van der Waals surface area contributed by atoms with E-state index in [1.165, 1.54) is 12.0 Å². The molecule has 1 aromatic rings. The molecule has 0 spiro atoms. The number of methoxy groups -OCH3 is 1. The highest BCUT2D eigenvalue weighted by atomic mass is 35.5. The first-order chi connectivity index (χ1) is 11.2. The zero-order valence-corrected chi connectivity index (χ0v) is 15.8. The number of likely N-dealkylation sites (tertiary alicyclic amines) is 1. The Hall–Kier alpha value is -1.40. The molecule has 0 aliphatic carbocycles. The average molecular weight is 372 g/mol. The van der Waals surface area contributed by atoms with Crippen LogP contribution in [0.5, 0.6) is 0 Å². The summed E-state index contributed by atoms with van der Waals surface area (Å²) in [5.74, 6) is -0.428. The minimum atomic E-state index is -0.634. The second-order valence-electron chi connectivity index (χ2n) is 6.58. The first kappa shape index (κ1) is 18.9. The third-order valence-electron chi connectivity index (χ3n) is 3.49. The Bertz CT molecular complexity index is 617. The number of esters is 1. The summed E-state index contributed by atoms with van der Waals surface area (Å²) in [7, 11) is 1.32. The summed E-state index contributed by atoms with van der Waals surface area (Å²) in [5.41, 5.74) is -0.619. The standard InChI is InChI=1S/C17H22ClNO4S/c1-17(2,3)23-16(21)19-10-11(9-13(19)15(20)22-4)24-14-8-6-5-7-12(14)18/h5-8,11,13H,9-10H2,1-4H3/t11-,13+/m1/s1. The number of halogens is 1. The molecule has 1 amide bonds. The molecular formula is C17H22ClNO4S. The summed E-state index contributed by atoms with van der Waals surface area (Å²) < 4.78 is 10.3. The van der Waals surface area contributed by atoms with Gasteiger partial charge in [0.25, 0.3) is 0 Å². The zero-order valence-electron chi connectivity index (χ0n) is 14.2. The SMILES string of the molecule is COC(=O)[C@@H]1C[C@@H](Sc2ccccc2Cl)CN1C(=O)OC(C)(C)C. The van der Waals surface area contributed by atoms with Crippen LogP contribution < -0.4 is 0 Å². The minimum absolute atomic E-state index is 0.0431. The molecule has 132 valence electrons. The fourth-order valence-corrected chi connectivity index (χ4v) is 3.96. The second kappa shape index (κ2) is 7.66. The predicted molar refractivity (Wildman–Crippen MR) is 94.5 cm³/mol. The van der Waals surface area contributed by atoms with E-state index in [2.05, 4.69) is 0 Å². The maximum Gasteiger partial charge on any atom is 0.411 e. The predicted octanol–water partition coefficient (Wildman–Crippen LogP) is 3.98. The Balaban J connectivity index is 2.13. The molecule has 24 heavy (non-hydrogen) atoms. The van der Waals surface area contributed by atoms with Gasteiger partial charge in [-0.05, 0) is 39.3 Å². The fraction of sp³-hybridized carbons (Fsp3) is 0.529. The van der Waals surface area contributed by atoms with E-state index in [-0.39, 0.29) is 5.25 Å². The molecule has 0 bridgehead atoms. The normalized spacial score (nSPS) is 20.8. The van der Waals surface area contributed by atoms with Gasteiger partial charge >= 0.3 is 12.1 Å². The Morgan fingerprint density at radius 3 is 2.54 bits per heavy atom. The number of carbonyl (C=O) groups is 2. The highest BCUT2D eigenvalue weighted by Crippen LogP contribution is 2.37. The van der Waals surface area contributed by atoms with Crippen LogP contribution in [-0.4, -0.2) is 47.5 Å². The molecule has 1 aromatic carbocycles. The van der Waals surface area contributed by atoms with Crippen molar-refractivity contribution in [3.63, 3.8) is 0 Å². The fourth-order valence-electron chi connectivity index (χ4n) is 2.48. The molecule has 0 unspecified atom stereocenters. The van der Waals surface area contributed by atoms with Crippen LogP contribution in [0.15, 0.2) is 29.2 Å². The van der Waals surface area contributed by atoms with Crippen LogP contribution in [-0.2, 0) is 14.3 Å². The van der Waals surface area contributed by atoms with Crippen molar-refractivity contribution in [2.24, 2.45) is 0 Å². The number of benzene rings is 1. The van der Waals surface area contributed by atoms with E-state index in [4.69, 9.17) is 21.1 Å². The highest BCUT2D eigenvalue weighted by Gasteiger charge is 2.42. The van der Waals surface area contributed by atoms with Gasteiger partial charge in [0.15, 0.2) is 0 Å². The Morgan fingerprint density at radius 1 is 1.29 bits per heavy atom. The van der Waals surface area contributed by atoms with Gasteiger partial charge in [-0.1, -0.05) is 23.7 Å². The molecule has 1 aliphatic rings. The smallest absolute Gasteiger partial charge is 0.411 e. The Labute approximate surface area is 151 Å². The number of thioether (sulfide) groups is 1. The summed E-state index contributed by atoms with van der Waals surface area (Å²) in [6.07, 6.45) is 0.00194. The van der Waals surface area contributed by atoms with Crippen LogP contribution in [0.2, 0.25) is 5.02 Å². The number of nitrogens with zero attached hydrogens (tertiary/aromatic N) is 1. The molecule has 0 radical (unpaired) electrons.